The van der Waals surface area contributed by atoms with E-state index in [1.807, 2.05) is 0 Å². The third-order valence-corrected chi connectivity index (χ3v) is 4.92. The van der Waals surface area contributed by atoms with Gasteiger partial charge in [-0.25, -0.2) is 4.98 Å². The lowest BCUT2D eigenvalue weighted by atomic mass is 10.2. The molecule has 31 heavy (non-hydrogen) atoms. The van der Waals surface area contributed by atoms with Crippen LogP contribution in [-0.4, -0.2) is 28.3 Å². The molecule has 2 heterocycles. The fourth-order valence-corrected chi connectivity index (χ4v) is 3.35. The number of amides is 2. The Bertz CT molecular complexity index is 1060. The van der Waals surface area contributed by atoms with E-state index in [2.05, 4.69) is 20.9 Å². The van der Waals surface area contributed by atoms with Gasteiger partial charge in [-0.05, 0) is 30.7 Å². The van der Waals surface area contributed by atoms with E-state index in [-0.39, 0.29) is 17.5 Å². The second-order valence-corrected chi connectivity index (χ2v) is 7.45. The number of nitrogens with one attached hydrogen (secondary N) is 3. The van der Waals surface area contributed by atoms with E-state index < -0.39 is 4.92 Å². The Kier molecular flexibility index (Phi) is 7.33. The number of rotatable bonds is 10. The van der Waals surface area contributed by atoms with Crippen molar-refractivity contribution in [3.63, 3.8) is 0 Å². The minimum Gasteiger partial charge on any atom is -0.458 e. The van der Waals surface area contributed by atoms with Crippen molar-refractivity contribution in [3.05, 3.63) is 57.7 Å². The van der Waals surface area contributed by atoms with Crippen molar-refractivity contribution in [2.75, 3.05) is 17.2 Å². The fraction of sp³-hybridized carbons (Fsp3) is 0.250. The molecule has 162 valence electrons. The molecule has 3 N–H and O–H groups in total. The van der Waals surface area contributed by atoms with Crippen molar-refractivity contribution in [3.8, 4) is 11.5 Å². The Labute approximate surface area is 181 Å². The highest BCUT2D eigenvalue weighted by Crippen LogP contribution is 2.26. The zero-order valence-electron chi connectivity index (χ0n) is 16.7. The van der Waals surface area contributed by atoms with Gasteiger partial charge in [0.05, 0.1) is 11.5 Å². The summed E-state index contributed by atoms with van der Waals surface area (Å²) in [6.45, 7) is 2.29. The third kappa shape index (κ3) is 6.64. The highest BCUT2D eigenvalue weighted by molar-refractivity contribution is 7.14. The molecule has 3 rings (SSSR count). The molecule has 1 aromatic carbocycles. The molecule has 0 fully saturated rings. The Hall–Kier alpha value is -3.73. The van der Waals surface area contributed by atoms with Crippen molar-refractivity contribution in [2.45, 2.75) is 26.3 Å². The lowest BCUT2D eigenvalue weighted by Gasteiger charge is -2.06. The van der Waals surface area contributed by atoms with Crippen molar-refractivity contribution in [1.29, 1.82) is 0 Å². The Morgan fingerprint density at radius 1 is 1.19 bits per heavy atom. The summed E-state index contributed by atoms with van der Waals surface area (Å²) in [5.41, 5.74) is 1.40. The van der Waals surface area contributed by atoms with Crippen LogP contribution in [0.2, 0.25) is 0 Å². The molecule has 0 radical (unpaired) electrons. The number of benzene rings is 1. The van der Waals surface area contributed by atoms with Crippen LogP contribution < -0.4 is 16.0 Å². The summed E-state index contributed by atoms with van der Waals surface area (Å²) < 4.78 is 5.65. The molecule has 0 atom stereocenters. The van der Waals surface area contributed by atoms with Gasteiger partial charge in [0.25, 0.3) is 5.69 Å². The summed E-state index contributed by atoms with van der Waals surface area (Å²) in [5, 5.41) is 21.5. The first-order chi connectivity index (χ1) is 14.9. The topological polar surface area (TPSA) is 139 Å². The molecule has 0 unspecified atom stereocenters. The van der Waals surface area contributed by atoms with Gasteiger partial charge in [-0.15, -0.1) is 11.3 Å². The van der Waals surface area contributed by atoms with E-state index >= 15 is 0 Å². The van der Waals surface area contributed by atoms with E-state index in [1.165, 1.54) is 30.4 Å². The first-order valence-corrected chi connectivity index (χ1v) is 10.4. The number of carbonyl (C=O) groups excluding carboxylic acids is 2. The molecule has 3 aromatic rings. The van der Waals surface area contributed by atoms with E-state index in [9.17, 15) is 19.7 Å². The second-order valence-electron chi connectivity index (χ2n) is 6.60. The van der Waals surface area contributed by atoms with Gasteiger partial charge in [0, 0.05) is 43.1 Å². The van der Waals surface area contributed by atoms with Crippen LogP contribution in [0.3, 0.4) is 0 Å². The smallest absolute Gasteiger partial charge is 0.269 e. The molecule has 11 heteroatoms. The summed E-state index contributed by atoms with van der Waals surface area (Å²) >= 11 is 1.30. The molecule has 0 aliphatic carbocycles. The van der Waals surface area contributed by atoms with E-state index in [4.69, 9.17) is 4.42 Å². The highest BCUT2D eigenvalue weighted by atomic mass is 32.1. The summed E-state index contributed by atoms with van der Waals surface area (Å²) in [6, 6.07) is 9.65. The van der Waals surface area contributed by atoms with Crippen LogP contribution in [0.4, 0.5) is 16.5 Å². The van der Waals surface area contributed by atoms with Gasteiger partial charge in [-0.3, -0.25) is 19.7 Å². The van der Waals surface area contributed by atoms with Gasteiger partial charge in [0.15, 0.2) is 10.9 Å². The van der Waals surface area contributed by atoms with Crippen LogP contribution in [0, 0.1) is 10.1 Å². The second kappa shape index (κ2) is 10.3. The quantitative estimate of drug-likeness (QED) is 0.246. The van der Waals surface area contributed by atoms with Crippen LogP contribution in [0.25, 0.3) is 11.5 Å². The molecular weight excluding hydrogens is 422 g/mol. The predicted octanol–water partition coefficient (Wildman–Crippen LogP) is 3.78. The van der Waals surface area contributed by atoms with Crippen molar-refractivity contribution >= 4 is 39.7 Å². The van der Waals surface area contributed by atoms with Crippen LogP contribution in [0.15, 0.2) is 46.2 Å². The Balaban J connectivity index is 1.41. The van der Waals surface area contributed by atoms with Gasteiger partial charge in [-0.1, -0.05) is 0 Å². The molecule has 0 bridgehead atoms. The molecular formula is C20H21N5O5S. The summed E-state index contributed by atoms with van der Waals surface area (Å²) in [5.74, 6) is 0.880. The minimum atomic E-state index is -0.450. The number of nitro benzene ring substituents is 1. The molecule has 2 aromatic heterocycles. The average molecular weight is 443 g/mol. The highest BCUT2D eigenvalue weighted by Gasteiger charge is 2.11. The number of thiazole rings is 1. The lowest BCUT2D eigenvalue weighted by Crippen LogP contribution is -2.18. The number of anilines is 2. The van der Waals surface area contributed by atoms with Gasteiger partial charge in [-0.2, -0.15) is 0 Å². The fourth-order valence-electron chi connectivity index (χ4n) is 2.63. The number of carbonyl (C=O) groups is 2. The number of hydrogen-bond donors (Lipinski definition) is 3. The van der Waals surface area contributed by atoms with Crippen molar-refractivity contribution in [2.24, 2.45) is 0 Å². The van der Waals surface area contributed by atoms with Crippen LogP contribution in [0.1, 0.15) is 25.5 Å². The van der Waals surface area contributed by atoms with Gasteiger partial charge >= 0.3 is 0 Å². The van der Waals surface area contributed by atoms with E-state index in [1.54, 1.807) is 29.6 Å². The average Bonchev–Trinajstić information content (AvgIpc) is 3.39. The third-order valence-electron chi connectivity index (χ3n) is 4.16. The molecule has 0 aliphatic heterocycles. The maximum Gasteiger partial charge on any atom is 0.269 e. The summed E-state index contributed by atoms with van der Waals surface area (Å²) in [6.07, 6.45) is 0.891. The van der Waals surface area contributed by atoms with Crippen molar-refractivity contribution in [1.82, 2.24) is 10.3 Å². The van der Waals surface area contributed by atoms with Gasteiger partial charge in [0.1, 0.15) is 11.5 Å². The minimum absolute atomic E-state index is 0.0336. The van der Waals surface area contributed by atoms with Crippen LogP contribution in [-0.2, 0) is 16.1 Å². The molecule has 10 nitrogen and oxygen atoms in total. The molecule has 2 amide bonds. The Morgan fingerprint density at radius 3 is 2.68 bits per heavy atom. The number of aromatic nitrogens is 1. The van der Waals surface area contributed by atoms with Gasteiger partial charge < -0.3 is 20.4 Å². The number of non-ortho nitro benzene ring substituents is 1. The number of furan rings is 1. The number of nitrogens with zero attached hydrogens (tertiary/aromatic N) is 2. The molecule has 0 saturated heterocycles. The van der Waals surface area contributed by atoms with E-state index in [0.29, 0.717) is 48.3 Å². The zero-order chi connectivity index (χ0) is 22.2. The Morgan fingerprint density at radius 2 is 1.97 bits per heavy atom. The lowest BCUT2D eigenvalue weighted by molar-refractivity contribution is -0.384. The first-order valence-electron chi connectivity index (χ1n) is 9.48. The maximum atomic E-state index is 12.1. The van der Waals surface area contributed by atoms with Gasteiger partial charge in [0.2, 0.25) is 11.8 Å². The standard InChI is InChI=1S/C20H21N5O5S/c1-13(26)22-11-16-8-9-18(30-16)17-12-31-20(23-17)24-19(27)3-2-10-21-14-4-6-15(7-5-14)25(28)29/h4-9,12,21H,2-3,10-11H2,1H3,(H,22,26)(H,23,24,27). The summed E-state index contributed by atoms with van der Waals surface area (Å²) in [7, 11) is 0. The zero-order valence-corrected chi connectivity index (χ0v) is 17.5. The maximum absolute atomic E-state index is 12.1. The number of nitro groups is 1. The molecule has 0 spiro atoms. The first kappa shape index (κ1) is 22.0. The number of hydrogen-bond acceptors (Lipinski definition) is 8. The predicted molar refractivity (Wildman–Crippen MR) is 117 cm³/mol. The normalized spacial score (nSPS) is 10.5. The summed E-state index contributed by atoms with van der Waals surface area (Å²) in [4.78, 5) is 37.7. The van der Waals surface area contributed by atoms with Crippen LogP contribution >= 0.6 is 11.3 Å². The molecule has 0 saturated carbocycles. The SMILES string of the molecule is CC(=O)NCc1ccc(-c2csc(NC(=O)CCCNc3ccc([N+](=O)[O-])cc3)n2)o1. The van der Waals surface area contributed by atoms with E-state index in [0.717, 1.165) is 5.69 Å². The monoisotopic (exact) mass is 443 g/mol. The molecule has 0 aliphatic rings. The largest absolute Gasteiger partial charge is 0.458 e. The van der Waals surface area contributed by atoms with Crippen molar-refractivity contribution < 1.29 is 18.9 Å². The van der Waals surface area contributed by atoms with Crippen LogP contribution in [0.5, 0.6) is 0 Å².